The van der Waals surface area contributed by atoms with E-state index in [1.54, 1.807) is 0 Å². The van der Waals surface area contributed by atoms with Crippen LogP contribution in [-0.2, 0) is 9.59 Å². The van der Waals surface area contributed by atoms with Crippen LogP contribution in [0.25, 0.3) is 0 Å². The molecule has 0 radical (unpaired) electrons. The number of carbonyl (C=O) groups is 2. The van der Waals surface area contributed by atoms with Crippen molar-refractivity contribution in [1.29, 1.82) is 0 Å². The zero-order valence-electron chi connectivity index (χ0n) is 18.5. The smallest absolute Gasteiger partial charge is 0.220 e. The van der Waals surface area contributed by atoms with Gasteiger partial charge in [0.2, 0.25) is 5.91 Å². The summed E-state index contributed by atoms with van der Waals surface area (Å²) in [7, 11) is 0. The highest BCUT2D eigenvalue weighted by molar-refractivity contribution is 6.30. The fourth-order valence-corrected chi connectivity index (χ4v) is 5.17. The average Bonchev–Trinajstić information content (AvgIpc) is 2.76. The molecule has 1 aliphatic carbocycles. The van der Waals surface area contributed by atoms with Crippen LogP contribution in [0.4, 0.5) is 0 Å². The number of benzene rings is 1. The Bertz CT molecular complexity index is 696. The molecule has 4 nitrogen and oxygen atoms in total. The summed E-state index contributed by atoms with van der Waals surface area (Å²) in [6.07, 6.45) is 8.02. The molecule has 1 amide bonds. The zero-order chi connectivity index (χ0) is 21.5. The summed E-state index contributed by atoms with van der Waals surface area (Å²) >= 11 is 6.03. The lowest BCUT2D eigenvalue weighted by Gasteiger charge is -2.43. The number of rotatable bonds is 8. The van der Waals surface area contributed by atoms with Gasteiger partial charge in [0.05, 0.1) is 6.54 Å². The maximum atomic E-state index is 13.0. The molecule has 1 aromatic carbocycles. The fourth-order valence-electron chi connectivity index (χ4n) is 5.05. The molecule has 5 heteroatoms. The maximum absolute atomic E-state index is 13.0. The molecule has 166 valence electrons. The molecular weight excluding hydrogens is 396 g/mol. The Morgan fingerprint density at radius 1 is 1.07 bits per heavy atom. The number of carbonyl (C=O) groups excluding carboxylic acids is 2. The Hall–Kier alpha value is -1.39. The van der Waals surface area contributed by atoms with Gasteiger partial charge in [0.25, 0.3) is 0 Å². The Kier molecular flexibility index (Phi) is 8.76. The van der Waals surface area contributed by atoms with Gasteiger partial charge in [0, 0.05) is 23.4 Å². The molecule has 30 heavy (non-hydrogen) atoms. The van der Waals surface area contributed by atoms with E-state index in [9.17, 15) is 9.59 Å². The molecule has 2 aliphatic rings. The van der Waals surface area contributed by atoms with Crippen LogP contribution in [0.3, 0.4) is 0 Å². The number of hydrogen-bond donors (Lipinski definition) is 1. The van der Waals surface area contributed by atoms with Gasteiger partial charge in [-0.05, 0) is 74.7 Å². The number of piperidine rings is 1. The Balaban J connectivity index is 1.51. The van der Waals surface area contributed by atoms with Gasteiger partial charge in [0.15, 0.2) is 5.78 Å². The van der Waals surface area contributed by atoms with Crippen molar-refractivity contribution in [2.24, 2.45) is 11.8 Å². The molecule has 0 spiro atoms. The summed E-state index contributed by atoms with van der Waals surface area (Å²) in [5.74, 6) is 1.38. The van der Waals surface area contributed by atoms with E-state index in [1.807, 2.05) is 12.1 Å². The first-order chi connectivity index (χ1) is 14.4. The Morgan fingerprint density at radius 2 is 1.73 bits per heavy atom. The predicted molar refractivity (Wildman–Crippen MR) is 123 cm³/mol. The minimum absolute atomic E-state index is 0.00758. The van der Waals surface area contributed by atoms with Crippen LogP contribution >= 0.6 is 11.6 Å². The van der Waals surface area contributed by atoms with Crippen LogP contribution in [0.15, 0.2) is 24.3 Å². The van der Waals surface area contributed by atoms with Gasteiger partial charge in [-0.3, -0.25) is 14.5 Å². The first-order valence-electron chi connectivity index (χ1n) is 11.7. The van der Waals surface area contributed by atoms with Crippen molar-refractivity contribution in [3.8, 4) is 0 Å². The molecule has 2 fully saturated rings. The van der Waals surface area contributed by atoms with Gasteiger partial charge in [-0.2, -0.15) is 0 Å². The zero-order valence-corrected chi connectivity index (χ0v) is 19.3. The van der Waals surface area contributed by atoms with E-state index in [1.165, 1.54) is 12.0 Å². The first-order valence-corrected chi connectivity index (χ1v) is 12.1. The van der Waals surface area contributed by atoms with Crippen molar-refractivity contribution in [3.05, 3.63) is 34.9 Å². The number of nitrogens with zero attached hydrogens (tertiary/aromatic N) is 1. The molecule has 0 bridgehead atoms. The standard InChI is InChI=1S/C25H37ClN2O2/c1-18(2)7-12-25(30)27-17-24(29)22-5-3-4-6-23(22)28-15-13-20(14-16-28)19-8-10-21(26)11-9-19/h8-11,18,20,22-23H,3-7,12-17H2,1-2H3,(H,27,30). The highest BCUT2D eigenvalue weighted by Crippen LogP contribution is 2.35. The van der Waals surface area contributed by atoms with Crippen LogP contribution in [0.5, 0.6) is 0 Å². The van der Waals surface area contributed by atoms with Crippen molar-refractivity contribution < 1.29 is 9.59 Å². The van der Waals surface area contributed by atoms with Gasteiger partial charge in [-0.15, -0.1) is 0 Å². The second kappa shape index (κ2) is 11.3. The summed E-state index contributed by atoms with van der Waals surface area (Å²) in [4.78, 5) is 27.5. The van der Waals surface area contributed by atoms with E-state index in [-0.39, 0.29) is 24.2 Å². The van der Waals surface area contributed by atoms with Gasteiger partial charge in [-0.1, -0.05) is 50.4 Å². The normalized spacial score (nSPS) is 23.5. The lowest BCUT2D eigenvalue weighted by molar-refractivity contribution is -0.129. The van der Waals surface area contributed by atoms with E-state index >= 15 is 0 Å². The molecule has 1 saturated heterocycles. The van der Waals surface area contributed by atoms with Crippen LogP contribution in [0, 0.1) is 11.8 Å². The number of hydrogen-bond acceptors (Lipinski definition) is 3. The van der Waals surface area contributed by atoms with E-state index in [0.717, 1.165) is 56.6 Å². The van der Waals surface area contributed by atoms with Gasteiger partial charge in [0.1, 0.15) is 0 Å². The summed E-state index contributed by atoms with van der Waals surface area (Å²) in [5.41, 5.74) is 1.37. The molecule has 1 aromatic rings. The van der Waals surface area contributed by atoms with Crippen molar-refractivity contribution in [2.45, 2.75) is 77.2 Å². The molecule has 2 unspecified atom stereocenters. The van der Waals surface area contributed by atoms with Crippen molar-refractivity contribution in [3.63, 3.8) is 0 Å². The predicted octanol–water partition coefficient (Wildman–Crippen LogP) is 5.20. The molecule has 1 heterocycles. The molecule has 1 N–H and O–H groups in total. The van der Waals surface area contributed by atoms with E-state index < -0.39 is 0 Å². The highest BCUT2D eigenvalue weighted by atomic mass is 35.5. The Morgan fingerprint density at radius 3 is 2.40 bits per heavy atom. The Labute approximate surface area is 186 Å². The number of amides is 1. The lowest BCUT2D eigenvalue weighted by Crippen LogP contribution is -2.50. The molecule has 3 rings (SSSR count). The molecule has 0 aromatic heterocycles. The van der Waals surface area contributed by atoms with Gasteiger partial charge < -0.3 is 5.32 Å². The van der Waals surface area contributed by atoms with E-state index in [2.05, 4.69) is 36.2 Å². The number of Topliss-reactive ketones (excluding diaryl/α,β-unsaturated/α-hetero) is 1. The van der Waals surface area contributed by atoms with Crippen molar-refractivity contribution >= 4 is 23.3 Å². The SMILES string of the molecule is CC(C)CCC(=O)NCC(=O)C1CCCCC1N1CCC(c2ccc(Cl)cc2)CC1. The maximum Gasteiger partial charge on any atom is 0.220 e. The van der Waals surface area contributed by atoms with Crippen LogP contribution in [0.2, 0.25) is 5.02 Å². The second-order valence-electron chi connectivity index (χ2n) is 9.50. The molecule has 2 atom stereocenters. The van der Waals surface area contributed by atoms with Crippen LogP contribution in [-0.4, -0.2) is 42.3 Å². The van der Waals surface area contributed by atoms with Crippen LogP contribution in [0.1, 0.15) is 76.7 Å². The number of nitrogens with one attached hydrogen (secondary N) is 1. The van der Waals surface area contributed by atoms with Gasteiger partial charge >= 0.3 is 0 Å². The minimum Gasteiger partial charge on any atom is -0.349 e. The third-order valence-corrected chi connectivity index (χ3v) is 7.14. The summed E-state index contributed by atoms with van der Waals surface area (Å²) in [5, 5.41) is 3.66. The van der Waals surface area contributed by atoms with Crippen molar-refractivity contribution in [1.82, 2.24) is 10.2 Å². The topological polar surface area (TPSA) is 49.4 Å². The average molecular weight is 433 g/mol. The van der Waals surface area contributed by atoms with E-state index in [4.69, 9.17) is 11.6 Å². The molecule has 1 aliphatic heterocycles. The first kappa shape index (κ1) is 23.3. The highest BCUT2D eigenvalue weighted by Gasteiger charge is 2.36. The quantitative estimate of drug-likeness (QED) is 0.614. The third kappa shape index (κ3) is 6.55. The fraction of sp³-hybridized carbons (Fsp3) is 0.680. The van der Waals surface area contributed by atoms with Gasteiger partial charge in [-0.25, -0.2) is 0 Å². The second-order valence-corrected chi connectivity index (χ2v) is 9.93. The largest absolute Gasteiger partial charge is 0.349 e. The summed E-state index contributed by atoms with van der Waals surface area (Å²) in [6.45, 7) is 6.51. The summed E-state index contributed by atoms with van der Waals surface area (Å²) < 4.78 is 0. The summed E-state index contributed by atoms with van der Waals surface area (Å²) in [6, 6.07) is 8.60. The monoisotopic (exact) mass is 432 g/mol. The molecule has 1 saturated carbocycles. The number of likely N-dealkylation sites (tertiary alicyclic amines) is 1. The minimum atomic E-state index is 0.00758. The number of halogens is 1. The van der Waals surface area contributed by atoms with Crippen LogP contribution < -0.4 is 5.32 Å². The number of ketones is 1. The lowest BCUT2D eigenvalue weighted by atomic mass is 9.79. The molecular formula is C25H37ClN2O2. The van der Waals surface area contributed by atoms with E-state index in [0.29, 0.717) is 24.3 Å². The van der Waals surface area contributed by atoms with Crippen molar-refractivity contribution in [2.75, 3.05) is 19.6 Å². The third-order valence-electron chi connectivity index (χ3n) is 6.89.